The Hall–Kier alpha value is -1.63. The van der Waals surface area contributed by atoms with Crippen LogP contribution in [0.1, 0.15) is 38.2 Å². The summed E-state index contributed by atoms with van der Waals surface area (Å²) >= 11 is 3.31. The van der Waals surface area contributed by atoms with Crippen LogP contribution in [0.15, 0.2) is 16.7 Å². The summed E-state index contributed by atoms with van der Waals surface area (Å²) in [5, 5.41) is 5.55. The molecule has 0 fully saturated rings. The van der Waals surface area contributed by atoms with Crippen LogP contribution >= 0.6 is 15.9 Å². The van der Waals surface area contributed by atoms with E-state index in [1.807, 2.05) is 13.0 Å². The van der Waals surface area contributed by atoms with Crippen LogP contribution in [0.4, 0.5) is 5.82 Å². The quantitative estimate of drug-likeness (QED) is 0.660. The minimum atomic E-state index is -0.0994. The molecule has 0 radical (unpaired) electrons. The predicted octanol–water partition coefficient (Wildman–Crippen LogP) is 1.74. The van der Waals surface area contributed by atoms with Gasteiger partial charge in [-0.25, -0.2) is 4.98 Å². The molecular formula is C14H21BrN4O2. The summed E-state index contributed by atoms with van der Waals surface area (Å²) in [6.45, 7) is 3.01. The van der Waals surface area contributed by atoms with Gasteiger partial charge < -0.3 is 16.4 Å². The van der Waals surface area contributed by atoms with E-state index < -0.39 is 0 Å². The molecule has 0 unspecified atom stereocenters. The molecule has 1 aromatic heterocycles. The van der Waals surface area contributed by atoms with E-state index in [9.17, 15) is 9.59 Å². The fourth-order valence-electron chi connectivity index (χ4n) is 1.68. The Morgan fingerprint density at radius 2 is 1.95 bits per heavy atom. The number of hydrogen-bond donors (Lipinski definition) is 3. The molecule has 4 N–H and O–H groups in total. The molecule has 0 aromatic carbocycles. The van der Waals surface area contributed by atoms with Crippen molar-refractivity contribution in [2.45, 2.75) is 39.2 Å². The first-order chi connectivity index (χ1) is 10.0. The molecule has 0 aliphatic heterocycles. The molecular weight excluding hydrogens is 336 g/mol. The molecule has 116 valence electrons. The first-order valence-corrected chi connectivity index (χ1v) is 7.75. The van der Waals surface area contributed by atoms with Crippen molar-refractivity contribution in [3.63, 3.8) is 0 Å². The van der Waals surface area contributed by atoms with Crippen molar-refractivity contribution in [2.75, 3.05) is 12.3 Å². The maximum Gasteiger partial charge on any atom is 0.220 e. The van der Waals surface area contributed by atoms with E-state index in [-0.39, 0.29) is 11.8 Å². The average molecular weight is 357 g/mol. The Balaban J connectivity index is 2.25. The van der Waals surface area contributed by atoms with Crippen molar-refractivity contribution in [1.82, 2.24) is 15.6 Å². The number of nitrogens with two attached hydrogens (primary N) is 1. The van der Waals surface area contributed by atoms with Crippen LogP contribution in [0.3, 0.4) is 0 Å². The van der Waals surface area contributed by atoms with Crippen LogP contribution in [0, 0.1) is 0 Å². The number of carbonyl (C=O) groups is 2. The van der Waals surface area contributed by atoms with E-state index >= 15 is 0 Å². The van der Waals surface area contributed by atoms with Gasteiger partial charge in [0, 0.05) is 42.2 Å². The molecule has 21 heavy (non-hydrogen) atoms. The summed E-state index contributed by atoms with van der Waals surface area (Å²) in [7, 11) is 0. The van der Waals surface area contributed by atoms with Gasteiger partial charge in [-0.3, -0.25) is 9.59 Å². The van der Waals surface area contributed by atoms with Crippen molar-refractivity contribution >= 4 is 33.6 Å². The first-order valence-electron chi connectivity index (χ1n) is 6.96. The number of nitrogen functional groups attached to an aromatic ring is 1. The smallest absolute Gasteiger partial charge is 0.220 e. The molecule has 0 bridgehead atoms. The first kappa shape index (κ1) is 17.4. The second kappa shape index (κ2) is 9.33. The number of anilines is 1. The number of nitrogens with one attached hydrogen (secondary N) is 2. The summed E-state index contributed by atoms with van der Waals surface area (Å²) in [4.78, 5) is 27.1. The maximum absolute atomic E-state index is 11.7. The van der Waals surface area contributed by atoms with Gasteiger partial charge in [-0.05, 0) is 34.8 Å². The van der Waals surface area contributed by atoms with Crippen LogP contribution in [-0.2, 0) is 16.1 Å². The SMILES string of the molecule is CCCNC(=O)CCCC(=O)NCc1cc(Br)cnc1N. The molecule has 1 aromatic rings. The molecule has 7 heteroatoms. The highest BCUT2D eigenvalue weighted by molar-refractivity contribution is 9.10. The van der Waals surface area contributed by atoms with Crippen LogP contribution < -0.4 is 16.4 Å². The van der Waals surface area contributed by atoms with Crippen molar-refractivity contribution in [3.05, 3.63) is 22.3 Å². The van der Waals surface area contributed by atoms with Crippen LogP contribution in [-0.4, -0.2) is 23.3 Å². The lowest BCUT2D eigenvalue weighted by molar-refractivity contribution is -0.122. The van der Waals surface area contributed by atoms with E-state index in [4.69, 9.17) is 5.73 Å². The number of carbonyl (C=O) groups excluding carboxylic acids is 2. The number of nitrogens with zero attached hydrogens (tertiary/aromatic N) is 1. The predicted molar refractivity (Wildman–Crippen MR) is 85.3 cm³/mol. The zero-order valence-corrected chi connectivity index (χ0v) is 13.7. The molecule has 0 saturated heterocycles. The molecule has 1 rings (SSSR count). The number of pyridine rings is 1. The normalized spacial score (nSPS) is 10.2. The Kier molecular flexibility index (Phi) is 7.74. The number of aromatic nitrogens is 1. The second-order valence-electron chi connectivity index (χ2n) is 4.68. The molecule has 6 nitrogen and oxygen atoms in total. The summed E-state index contributed by atoms with van der Waals surface area (Å²) in [6, 6.07) is 1.82. The standard InChI is InChI=1S/C14H21BrN4O2/c1-2-6-17-12(20)4-3-5-13(21)18-8-10-7-11(15)9-19-14(10)16/h7,9H,2-6,8H2,1H3,(H2,16,19)(H,17,20)(H,18,21). The minimum Gasteiger partial charge on any atom is -0.383 e. The second-order valence-corrected chi connectivity index (χ2v) is 5.59. The monoisotopic (exact) mass is 356 g/mol. The fraction of sp³-hybridized carbons (Fsp3) is 0.500. The van der Waals surface area contributed by atoms with Gasteiger partial charge in [0.05, 0.1) is 0 Å². The van der Waals surface area contributed by atoms with E-state index in [0.717, 1.165) is 16.5 Å². The molecule has 0 aliphatic carbocycles. The fourth-order valence-corrected chi connectivity index (χ4v) is 2.06. The Labute approximate surface area is 133 Å². The van der Waals surface area contributed by atoms with Crippen molar-refractivity contribution < 1.29 is 9.59 Å². The van der Waals surface area contributed by atoms with E-state index in [2.05, 4.69) is 31.5 Å². The lowest BCUT2D eigenvalue weighted by atomic mass is 10.2. The van der Waals surface area contributed by atoms with Gasteiger partial charge in [-0.2, -0.15) is 0 Å². The van der Waals surface area contributed by atoms with Crippen molar-refractivity contribution in [3.8, 4) is 0 Å². The average Bonchev–Trinajstić information content (AvgIpc) is 2.46. The van der Waals surface area contributed by atoms with Gasteiger partial charge in [-0.1, -0.05) is 6.92 Å². The van der Waals surface area contributed by atoms with E-state index in [0.29, 0.717) is 38.2 Å². The Bertz CT molecular complexity index is 494. The molecule has 0 spiro atoms. The highest BCUT2D eigenvalue weighted by Gasteiger charge is 2.07. The van der Waals surface area contributed by atoms with Crippen molar-refractivity contribution in [1.29, 1.82) is 0 Å². The van der Waals surface area contributed by atoms with E-state index in [1.165, 1.54) is 0 Å². The largest absolute Gasteiger partial charge is 0.383 e. The summed E-state index contributed by atoms with van der Waals surface area (Å²) in [5.41, 5.74) is 6.49. The number of amides is 2. The third kappa shape index (κ3) is 7.08. The molecule has 0 saturated carbocycles. The van der Waals surface area contributed by atoms with E-state index in [1.54, 1.807) is 6.20 Å². The topological polar surface area (TPSA) is 97.1 Å². The zero-order valence-electron chi connectivity index (χ0n) is 12.1. The lowest BCUT2D eigenvalue weighted by Crippen LogP contribution is -2.26. The molecule has 1 heterocycles. The van der Waals surface area contributed by atoms with Crippen LogP contribution in [0.25, 0.3) is 0 Å². The van der Waals surface area contributed by atoms with Gasteiger partial charge in [0.1, 0.15) is 5.82 Å². The van der Waals surface area contributed by atoms with Crippen LogP contribution in [0.2, 0.25) is 0 Å². The lowest BCUT2D eigenvalue weighted by Gasteiger charge is -2.08. The van der Waals surface area contributed by atoms with Crippen molar-refractivity contribution in [2.24, 2.45) is 0 Å². The Morgan fingerprint density at radius 3 is 2.62 bits per heavy atom. The molecule has 0 atom stereocenters. The van der Waals surface area contributed by atoms with Gasteiger partial charge >= 0.3 is 0 Å². The maximum atomic E-state index is 11.7. The number of rotatable bonds is 8. The third-order valence-corrected chi connectivity index (χ3v) is 3.26. The van der Waals surface area contributed by atoms with Gasteiger partial charge in [0.2, 0.25) is 11.8 Å². The van der Waals surface area contributed by atoms with Crippen LogP contribution in [0.5, 0.6) is 0 Å². The highest BCUT2D eigenvalue weighted by atomic mass is 79.9. The van der Waals surface area contributed by atoms with Gasteiger partial charge in [0.25, 0.3) is 0 Å². The number of hydrogen-bond acceptors (Lipinski definition) is 4. The highest BCUT2D eigenvalue weighted by Crippen LogP contribution is 2.15. The van der Waals surface area contributed by atoms with Gasteiger partial charge in [0.15, 0.2) is 0 Å². The summed E-state index contributed by atoms with van der Waals surface area (Å²) in [6.07, 6.45) is 3.74. The van der Waals surface area contributed by atoms with Gasteiger partial charge in [-0.15, -0.1) is 0 Å². The molecule has 0 aliphatic rings. The zero-order chi connectivity index (χ0) is 15.7. The Morgan fingerprint density at radius 1 is 1.29 bits per heavy atom. The minimum absolute atomic E-state index is 0.00918. The summed E-state index contributed by atoms with van der Waals surface area (Å²) in [5.74, 6) is 0.292. The summed E-state index contributed by atoms with van der Waals surface area (Å²) < 4.78 is 0.813. The number of halogens is 1. The third-order valence-electron chi connectivity index (χ3n) is 2.82. The molecule has 2 amide bonds.